The molecule has 4 heteroatoms. The van der Waals surface area contributed by atoms with Crippen LogP contribution in [0.15, 0.2) is 0 Å². The Morgan fingerprint density at radius 3 is 2.55 bits per heavy atom. The van der Waals surface area contributed by atoms with Crippen LogP contribution in [0.25, 0.3) is 0 Å². The molecule has 3 nitrogen and oxygen atoms in total. The maximum Gasteiger partial charge on any atom is 0.174 e. The Bertz CT molecular complexity index is 242. The molecule has 0 radical (unpaired) electrons. The molecule has 1 heterocycles. The van der Waals surface area contributed by atoms with Gasteiger partial charge in [0.1, 0.15) is 0 Å². The van der Waals surface area contributed by atoms with E-state index in [0.29, 0.717) is 11.1 Å². The molecule has 0 aromatic carbocycles. The van der Waals surface area contributed by atoms with Crippen LogP contribution in [0.4, 0.5) is 0 Å². The van der Waals surface area contributed by atoms with Crippen molar-refractivity contribution in [2.75, 3.05) is 0 Å². The monoisotopic (exact) mass is 173 g/mol. The third-order valence-electron chi connectivity index (χ3n) is 1.58. The summed E-state index contributed by atoms with van der Waals surface area (Å²) in [5.74, 6) is 0.387. The average Bonchev–Trinajstić information content (AvgIpc) is 2.30. The van der Waals surface area contributed by atoms with E-state index < -0.39 is 0 Å². The van der Waals surface area contributed by atoms with Crippen LogP contribution in [0.2, 0.25) is 5.15 Å². The van der Waals surface area contributed by atoms with E-state index in [-0.39, 0.29) is 0 Å². The van der Waals surface area contributed by atoms with E-state index in [4.69, 9.17) is 11.6 Å². The van der Waals surface area contributed by atoms with Crippen LogP contribution >= 0.6 is 11.6 Å². The number of rotatable bonds is 2. The van der Waals surface area contributed by atoms with Crippen molar-refractivity contribution >= 4 is 11.6 Å². The number of nitrogens with zero attached hydrogens (tertiary/aromatic N) is 3. The topological polar surface area (TPSA) is 30.7 Å². The number of aromatic nitrogens is 3. The first-order valence-corrected chi connectivity index (χ1v) is 4.13. The third-order valence-corrected chi connectivity index (χ3v) is 1.85. The zero-order valence-corrected chi connectivity index (χ0v) is 7.76. The largest absolute Gasteiger partial charge is 0.248 e. The number of halogens is 1. The van der Waals surface area contributed by atoms with E-state index in [1.165, 1.54) is 0 Å². The van der Waals surface area contributed by atoms with E-state index in [9.17, 15) is 0 Å². The number of hydrogen-bond acceptors (Lipinski definition) is 2. The minimum atomic E-state index is 0.387. The molecular formula is C7H12ClN3. The molecule has 0 atom stereocenters. The maximum atomic E-state index is 5.82. The second kappa shape index (κ2) is 3.22. The van der Waals surface area contributed by atoms with Crippen LogP contribution in [0.5, 0.6) is 0 Å². The summed E-state index contributed by atoms with van der Waals surface area (Å²) in [6, 6.07) is 0. The van der Waals surface area contributed by atoms with Gasteiger partial charge in [-0.1, -0.05) is 30.7 Å². The summed E-state index contributed by atoms with van der Waals surface area (Å²) in [4.78, 5) is 0. The van der Waals surface area contributed by atoms with Crippen LogP contribution in [0, 0.1) is 0 Å². The molecule has 1 aromatic rings. The van der Waals surface area contributed by atoms with Crippen molar-refractivity contribution in [2.45, 2.75) is 33.2 Å². The van der Waals surface area contributed by atoms with Crippen LogP contribution < -0.4 is 0 Å². The van der Waals surface area contributed by atoms with Gasteiger partial charge in [0.25, 0.3) is 0 Å². The molecule has 0 saturated carbocycles. The maximum absolute atomic E-state index is 5.82. The number of hydrogen-bond donors (Lipinski definition) is 0. The second-order valence-electron chi connectivity index (χ2n) is 2.74. The highest BCUT2D eigenvalue weighted by Crippen LogP contribution is 2.20. The molecule has 0 aliphatic heterocycles. The quantitative estimate of drug-likeness (QED) is 0.686. The lowest BCUT2D eigenvalue weighted by atomic mass is 10.1. The molecular weight excluding hydrogens is 162 g/mol. The van der Waals surface area contributed by atoms with Gasteiger partial charge in [-0.2, -0.15) is 0 Å². The van der Waals surface area contributed by atoms with Crippen LogP contribution in [0.3, 0.4) is 0 Å². The smallest absolute Gasteiger partial charge is 0.174 e. The number of aryl methyl sites for hydroxylation is 1. The Morgan fingerprint density at radius 2 is 2.18 bits per heavy atom. The molecule has 0 bridgehead atoms. The predicted octanol–water partition coefficient (Wildman–Crippen LogP) is 2.07. The SMILES string of the molecule is CCn1nnc(Cl)c1C(C)C. The first kappa shape index (κ1) is 8.53. The molecule has 62 valence electrons. The van der Waals surface area contributed by atoms with Crippen molar-refractivity contribution in [3.05, 3.63) is 10.8 Å². The summed E-state index contributed by atoms with van der Waals surface area (Å²) in [7, 11) is 0. The fourth-order valence-corrected chi connectivity index (χ4v) is 1.42. The van der Waals surface area contributed by atoms with Crippen molar-refractivity contribution in [1.29, 1.82) is 0 Å². The van der Waals surface area contributed by atoms with Crippen LogP contribution in [-0.2, 0) is 6.54 Å². The van der Waals surface area contributed by atoms with Crippen molar-refractivity contribution in [1.82, 2.24) is 15.0 Å². The summed E-state index contributed by atoms with van der Waals surface area (Å²) < 4.78 is 1.83. The molecule has 1 aromatic heterocycles. The lowest BCUT2D eigenvalue weighted by Gasteiger charge is -2.05. The zero-order chi connectivity index (χ0) is 8.43. The van der Waals surface area contributed by atoms with E-state index in [0.717, 1.165) is 12.2 Å². The molecule has 11 heavy (non-hydrogen) atoms. The van der Waals surface area contributed by atoms with Gasteiger partial charge in [0.05, 0.1) is 5.69 Å². The molecule has 0 aliphatic rings. The van der Waals surface area contributed by atoms with Crippen molar-refractivity contribution in [3.8, 4) is 0 Å². The molecule has 0 aliphatic carbocycles. The third kappa shape index (κ3) is 1.53. The van der Waals surface area contributed by atoms with Gasteiger partial charge in [0.15, 0.2) is 5.15 Å². The second-order valence-corrected chi connectivity index (χ2v) is 3.09. The first-order valence-electron chi connectivity index (χ1n) is 3.75. The first-order chi connectivity index (χ1) is 5.16. The Labute approximate surface area is 71.4 Å². The van der Waals surface area contributed by atoms with E-state index >= 15 is 0 Å². The van der Waals surface area contributed by atoms with Gasteiger partial charge in [-0.15, -0.1) is 5.10 Å². The predicted molar refractivity (Wildman–Crippen MR) is 44.8 cm³/mol. The molecule has 0 amide bonds. The van der Waals surface area contributed by atoms with Crippen molar-refractivity contribution < 1.29 is 0 Å². The molecule has 0 spiro atoms. The summed E-state index contributed by atoms with van der Waals surface area (Å²) in [6.07, 6.45) is 0. The summed E-state index contributed by atoms with van der Waals surface area (Å²) in [5.41, 5.74) is 1.02. The Balaban J connectivity index is 3.07. The summed E-state index contributed by atoms with van der Waals surface area (Å²) in [6.45, 7) is 7.01. The minimum absolute atomic E-state index is 0.387. The molecule has 1 rings (SSSR count). The summed E-state index contributed by atoms with van der Waals surface area (Å²) in [5, 5.41) is 8.21. The molecule has 0 saturated heterocycles. The van der Waals surface area contributed by atoms with Crippen LogP contribution in [-0.4, -0.2) is 15.0 Å². The zero-order valence-electron chi connectivity index (χ0n) is 7.00. The van der Waals surface area contributed by atoms with Crippen molar-refractivity contribution in [2.24, 2.45) is 0 Å². The molecule has 0 fully saturated rings. The Morgan fingerprint density at radius 1 is 1.55 bits per heavy atom. The van der Waals surface area contributed by atoms with Crippen molar-refractivity contribution in [3.63, 3.8) is 0 Å². The Hall–Kier alpha value is -0.570. The molecule has 0 N–H and O–H groups in total. The van der Waals surface area contributed by atoms with Gasteiger partial charge in [-0.3, -0.25) is 0 Å². The highest BCUT2D eigenvalue weighted by molar-refractivity contribution is 6.30. The van der Waals surface area contributed by atoms with Crippen LogP contribution in [0.1, 0.15) is 32.4 Å². The average molecular weight is 174 g/mol. The van der Waals surface area contributed by atoms with Gasteiger partial charge in [-0.25, -0.2) is 4.68 Å². The lowest BCUT2D eigenvalue weighted by molar-refractivity contribution is 0.579. The van der Waals surface area contributed by atoms with E-state index in [1.54, 1.807) is 0 Å². The Kier molecular flexibility index (Phi) is 2.49. The minimum Gasteiger partial charge on any atom is -0.248 e. The van der Waals surface area contributed by atoms with Gasteiger partial charge < -0.3 is 0 Å². The van der Waals surface area contributed by atoms with Gasteiger partial charge in [0, 0.05) is 6.54 Å². The van der Waals surface area contributed by atoms with E-state index in [1.807, 2.05) is 11.6 Å². The molecule has 0 unspecified atom stereocenters. The fraction of sp³-hybridized carbons (Fsp3) is 0.714. The van der Waals surface area contributed by atoms with Gasteiger partial charge >= 0.3 is 0 Å². The lowest BCUT2D eigenvalue weighted by Crippen LogP contribution is -2.04. The summed E-state index contributed by atoms with van der Waals surface area (Å²) >= 11 is 5.82. The highest BCUT2D eigenvalue weighted by atomic mass is 35.5. The normalized spacial score (nSPS) is 11.0. The highest BCUT2D eigenvalue weighted by Gasteiger charge is 2.12. The van der Waals surface area contributed by atoms with Gasteiger partial charge in [-0.05, 0) is 12.8 Å². The van der Waals surface area contributed by atoms with Gasteiger partial charge in [0.2, 0.25) is 0 Å². The van der Waals surface area contributed by atoms with E-state index in [2.05, 4.69) is 24.2 Å². The standard InChI is InChI=1S/C7H12ClN3/c1-4-11-6(5(2)3)7(8)9-10-11/h5H,4H2,1-3H3. The fourth-order valence-electron chi connectivity index (χ4n) is 1.07.